The number of aryl methyl sites for hydroxylation is 1. The van der Waals surface area contributed by atoms with Gasteiger partial charge >= 0.3 is 0 Å². The molecule has 0 heterocycles. The van der Waals surface area contributed by atoms with Crippen molar-refractivity contribution in [2.24, 2.45) is 5.92 Å². The van der Waals surface area contributed by atoms with E-state index in [-0.39, 0.29) is 0 Å². The van der Waals surface area contributed by atoms with Gasteiger partial charge in [-0.2, -0.15) is 0 Å². The SMILES string of the molecule is CCNC1c2ccccc2CCCC1Cc1ccccc1. The van der Waals surface area contributed by atoms with Crippen LogP contribution in [-0.4, -0.2) is 6.54 Å². The van der Waals surface area contributed by atoms with Gasteiger partial charge in [-0.3, -0.25) is 0 Å². The van der Waals surface area contributed by atoms with Crippen LogP contribution < -0.4 is 5.32 Å². The molecule has 0 spiro atoms. The van der Waals surface area contributed by atoms with E-state index >= 15 is 0 Å². The molecule has 0 aromatic heterocycles. The lowest BCUT2D eigenvalue weighted by Gasteiger charge is -2.27. The Hall–Kier alpha value is -1.60. The zero-order valence-corrected chi connectivity index (χ0v) is 12.9. The van der Waals surface area contributed by atoms with E-state index in [0.29, 0.717) is 12.0 Å². The standard InChI is InChI=1S/C20H25N/c1-2-21-20-18(15-16-9-4-3-5-10-16)13-8-12-17-11-6-7-14-19(17)20/h3-7,9-11,14,18,20-21H,2,8,12-13,15H2,1H3. The summed E-state index contributed by atoms with van der Waals surface area (Å²) in [6.07, 6.45) is 5.01. The van der Waals surface area contributed by atoms with E-state index in [9.17, 15) is 0 Å². The lowest BCUT2D eigenvalue weighted by Crippen LogP contribution is -2.29. The van der Waals surface area contributed by atoms with Crippen LogP contribution >= 0.6 is 0 Å². The molecule has 1 nitrogen and oxygen atoms in total. The van der Waals surface area contributed by atoms with Crippen LogP contribution in [0.2, 0.25) is 0 Å². The van der Waals surface area contributed by atoms with Gasteiger partial charge in [-0.25, -0.2) is 0 Å². The molecule has 3 rings (SSSR count). The molecule has 0 saturated carbocycles. The molecular formula is C20H25N. The van der Waals surface area contributed by atoms with Gasteiger partial charge in [0.25, 0.3) is 0 Å². The van der Waals surface area contributed by atoms with Crippen LogP contribution in [0.15, 0.2) is 54.6 Å². The van der Waals surface area contributed by atoms with Gasteiger partial charge in [0.05, 0.1) is 0 Å². The maximum atomic E-state index is 3.75. The molecule has 0 bridgehead atoms. The van der Waals surface area contributed by atoms with Gasteiger partial charge in [-0.05, 0) is 54.8 Å². The minimum Gasteiger partial charge on any atom is -0.310 e. The number of hydrogen-bond donors (Lipinski definition) is 1. The first kappa shape index (κ1) is 14.3. The second-order valence-corrected chi connectivity index (χ2v) is 6.08. The molecule has 1 aliphatic rings. The highest BCUT2D eigenvalue weighted by atomic mass is 14.9. The summed E-state index contributed by atoms with van der Waals surface area (Å²) in [4.78, 5) is 0. The average molecular weight is 279 g/mol. The molecule has 2 aromatic carbocycles. The summed E-state index contributed by atoms with van der Waals surface area (Å²) in [6.45, 7) is 3.25. The van der Waals surface area contributed by atoms with Gasteiger partial charge in [0, 0.05) is 6.04 Å². The highest BCUT2D eigenvalue weighted by Gasteiger charge is 2.26. The number of benzene rings is 2. The highest BCUT2D eigenvalue weighted by Crippen LogP contribution is 2.35. The summed E-state index contributed by atoms with van der Waals surface area (Å²) < 4.78 is 0. The Kier molecular flexibility index (Phi) is 4.72. The molecule has 2 atom stereocenters. The van der Waals surface area contributed by atoms with Crippen LogP contribution in [0, 0.1) is 5.92 Å². The molecule has 0 radical (unpaired) electrons. The molecule has 1 aliphatic carbocycles. The normalized spacial score (nSPS) is 21.6. The molecule has 2 aromatic rings. The Morgan fingerprint density at radius 2 is 1.76 bits per heavy atom. The van der Waals surface area contributed by atoms with Gasteiger partial charge < -0.3 is 5.32 Å². The lowest BCUT2D eigenvalue weighted by atomic mass is 9.86. The molecule has 1 N–H and O–H groups in total. The number of rotatable bonds is 4. The van der Waals surface area contributed by atoms with Gasteiger partial charge in [-0.15, -0.1) is 0 Å². The van der Waals surface area contributed by atoms with Gasteiger partial charge in [0.15, 0.2) is 0 Å². The van der Waals surface area contributed by atoms with Crippen LogP contribution in [0.4, 0.5) is 0 Å². The van der Waals surface area contributed by atoms with Crippen molar-refractivity contribution in [3.05, 3.63) is 71.3 Å². The fourth-order valence-corrected chi connectivity index (χ4v) is 3.67. The monoisotopic (exact) mass is 279 g/mol. The van der Waals surface area contributed by atoms with E-state index < -0.39 is 0 Å². The Morgan fingerprint density at radius 3 is 2.57 bits per heavy atom. The van der Waals surface area contributed by atoms with E-state index in [1.807, 2.05) is 0 Å². The summed E-state index contributed by atoms with van der Waals surface area (Å²) in [5, 5.41) is 3.75. The molecule has 21 heavy (non-hydrogen) atoms. The molecule has 0 aliphatic heterocycles. The fraction of sp³-hybridized carbons (Fsp3) is 0.400. The van der Waals surface area contributed by atoms with E-state index in [4.69, 9.17) is 0 Å². The van der Waals surface area contributed by atoms with E-state index in [2.05, 4.69) is 66.8 Å². The summed E-state index contributed by atoms with van der Waals surface area (Å²) >= 11 is 0. The van der Waals surface area contributed by atoms with Crippen molar-refractivity contribution < 1.29 is 0 Å². The number of hydrogen-bond acceptors (Lipinski definition) is 1. The van der Waals surface area contributed by atoms with E-state index in [1.165, 1.54) is 36.8 Å². The Morgan fingerprint density at radius 1 is 1.00 bits per heavy atom. The first-order chi connectivity index (χ1) is 10.4. The third kappa shape index (κ3) is 3.36. The van der Waals surface area contributed by atoms with E-state index in [1.54, 1.807) is 5.56 Å². The van der Waals surface area contributed by atoms with Crippen molar-refractivity contribution in [2.75, 3.05) is 6.54 Å². The topological polar surface area (TPSA) is 12.0 Å². The molecule has 0 saturated heterocycles. The average Bonchev–Trinajstić information content (AvgIpc) is 2.69. The Balaban J connectivity index is 1.88. The molecular weight excluding hydrogens is 254 g/mol. The smallest absolute Gasteiger partial charge is 0.0354 e. The van der Waals surface area contributed by atoms with Gasteiger partial charge in [0.1, 0.15) is 0 Å². The Labute approximate surface area is 128 Å². The quantitative estimate of drug-likeness (QED) is 0.811. The van der Waals surface area contributed by atoms with Crippen molar-refractivity contribution in [3.63, 3.8) is 0 Å². The minimum atomic E-state index is 0.494. The maximum absolute atomic E-state index is 3.75. The summed E-state index contributed by atoms with van der Waals surface area (Å²) in [6, 6.07) is 20.4. The van der Waals surface area contributed by atoms with Crippen molar-refractivity contribution >= 4 is 0 Å². The van der Waals surface area contributed by atoms with Crippen molar-refractivity contribution in [1.82, 2.24) is 5.32 Å². The van der Waals surface area contributed by atoms with Gasteiger partial charge in [-0.1, -0.05) is 61.5 Å². The number of fused-ring (bicyclic) bond motifs is 1. The highest BCUT2D eigenvalue weighted by molar-refractivity contribution is 5.32. The molecule has 1 heteroatoms. The van der Waals surface area contributed by atoms with E-state index in [0.717, 1.165) is 6.54 Å². The summed E-state index contributed by atoms with van der Waals surface area (Å²) in [7, 11) is 0. The second-order valence-electron chi connectivity index (χ2n) is 6.08. The largest absolute Gasteiger partial charge is 0.310 e. The van der Waals surface area contributed by atoms with Crippen molar-refractivity contribution in [1.29, 1.82) is 0 Å². The van der Waals surface area contributed by atoms with Crippen LogP contribution in [0.3, 0.4) is 0 Å². The third-order valence-corrected chi connectivity index (χ3v) is 4.65. The fourth-order valence-electron chi connectivity index (χ4n) is 3.67. The zero-order valence-electron chi connectivity index (χ0n) is 12.9. The predicted octanol–water partition coefficient (Wildman–Crippen LogP) is 4.53. The van der Waals surface area contributed by atoms with Crippen LogP contribution in [-0.2, 0) is 12.8 Å². The molecule has 0 amide bonds. The lowest BCUT2D eigenvalue weighted by molar-refractivity contribution is 0.346. The van der Waals surface area contributed by atoms with Crippen molar-refractivity contribution in [2.45, 2.75) is 38.6 Å². The Bertz CT molecular complexity index is 561. The summed E-state index contributed by atoms with van der Waals surface area (Å²) in [5.41, 5.74) is 4.53. The first-order valence-corrected chi connectivity index (χ1v) is 8.23. The molecule has 0 fully saturated rings. The molecule has 2 unspecified atom stereocenters. The minimum absolute atomic E-state index is 0.494. The first-order valence-electron chi connectivity index (χ1n) is 8.23. The zero-order chi connectivity index (χ0) is 14.5. The second kappa shape index (κ2) is 6.91. The van der Waals surface area contributed by atoms with Crippen LogP contribution in [0.1, 0.15) is 42.5 Å². The number of nitrogens with one attached hydrogen (secondary N) is 1. The maximum Gasteiger partial charge on any atom is 0.0354 e. The summed E-state index contributed by atoms with van der Waals surface area (Å²) in [5.74, 6) is 0.691. The third-order valence-electron chi connectivity index (χ3n) is 4.65. The van der Waals surface area contributed by atoms with Gasteiger partial charge in [0.2, 0.25) is 0 Å². The molecule has 110 valence electrons. The van der Waals surface area contributed by atoms with Crippen LogP contribution in [0.5, 0.6) is 0 Å². The van der Waals surface area contributed by atoms with Crippen LogP contribution in [0.25, 0.3) is 0 Å². The predicted molar refractivity (Wildman–Crippen MR) is 89.4 cm³/mol. The van der Waals surface area contributed by atoms with Crippen molar-refractivity contribution in [3.8, 4) is 0 Å².